The number of oxazole rings is 1. The molecule has 0 radical (unpaired) electrons. The largest absolute Gasteiger partial charge is 0.444 e. The third-order valence-electron chi connectivity index (χ3n) is 3.19. The van der Waals surface area contributed by atoms with Gasteiger partial charge in [0, 0.05) is 18.7 Å². The summed E-state index contributed by atoms with van der Waals surface area (Å²) in [5, 5.41) is 3.31. The van der Waals surface area contributed by atoms with Crippen LogP contribution in [0.2, 0.25) is 0 Å². The Hall–Kier alpha value is -0.880. The number of nitrogens with one attached hydrogen (secondary N) is 1. The Labute approximate surface area is 115 Å². The van der Waals surface area contributed by atoms with Crippen LogP contribution in [0.15, 0.2) is 10.6 Å². The highest BCUT2D eigenvalue weighted by Crippen LogP contribution is 2.29. The topological polar surface area (TPSA) is 72.2 Å². The first-order chi connectivity index (χ1) is 8.64. The summed E-state index contributed by atoms with van der Waals surface area (Å²) in [5.74, 6) is 0.999. The van der Waals surface area contributed by atoms with E-state index in [1.165, 1.54) is 12.5 Å². The fraction of sp³-hybridized carbons (Fsp3) is 0.769. The van der Waals surface area contributed by atoms with Crippen molar-refractivity contribution in [1.29, 1.82) is 0 Å². The van der Waals surface area contributed by atoms with Crippen LogP contribution in [0, 0.1) is 0 Å². The molecule has 0 atom stereocenters. The number of aromatic nitrogens is 1. The van der Waals surface area contributed by atoms with Crippen molar-refractivity contribution in [2.75, 3.05) is 12.8 Å². The molecule has 0 saturated heterocycles. The molecule has 1 rings (SSSR count). The molecular weight excluding hydrogens is 264 g/mol. The van der Waals surface area contributed by atoms with Gasteiger partial charge in [0.25, 0.3) is 0 Å². The lowest BCUT2D eigenvalue weighted by molar-refractivity contribution is 0.408. The summed E-state index contributed by atoms with van der Waals surface area (Å²) in [6, 6.07) is 0.462. The predicted molar refractivity (Wildman–Crippen MR) is 75.8 cm³/mol. The van der Waals surface area contributed by atoms with Gasteiger partial charge >= 0.3 is 0 Å². The van der Waals surface area contributed by atoms with Crippen molar-refractivity contribution >= 4 is 9.84 Å². The molecule has 6 heteroatoms. The number of aryl methyl sites for hydroxylation is 1. The Morgan fingerprint density at radius 3 is 2.58 bits per heavy atom. The zero-order valence-electron chi connectivity index (χ0n) is 12.4. The standard InChI is InChI=1S/C13H24N2O3S/c1-10(2)14-8-6-7-12-15-9-11(18-12)13(3,4)19(5,16)17/h9-10,14H,6-8H2,1-5H3. The van der Waals surface area contributed by atoms with Crippen LogP contribution in [0.5, 0.6) is 0 Å². The predicted octanol–water partition coefficient (Wildman–Crippen LogP) is 1.88. The van der Waals surface area contributed by atoms with E-state index in [1.54, 1.807) is 13.8 Å². The molecule has 0 aliphatic heterocycles. The second-order valence-corrected chi connectivity index (χ2v) is 8.18. The number of hydrogen-bond acceptors (Lipinski definition) is 5. The van der Waals surface area contributed by atoms with Gasteiger partial charge in [0.2, 0.25) is 0 Å². The van der Waals surface area contributed by atoms with Gasteiger partial charge in [0.15, 0.2) is 15.7 Å². The Morgan fingerprint density at radius 1 is 1.42 bits per heavy atom. The molecule has 0 amide bonds. The quantitative estimate of drug-likeness (QED) is 0.776. The van der Waals surface area contributed by atoms with Gasteiger partial charge < -0.3 is 9.73 Å². The lowest BCUT2D eigenvalue weighted by Gasteiger charge is -2.18. The van der Waals surface area contributed by atoms with Crippen LogP contribution in [0.1, 0.15) is 45.8 Å². The van der Waals surface area contributed by atoms with Crippen molar-refractivity contribution < 1.29 is 12.8 Å². The molecule has 0 saturated carbocycles. The van der Waals surface area contributed by atoms with Gasteiger partial charge in [-0.15, -0.1) is 0 Å². The van der Waals surface area contributed by atoms with Gasteiger partial charge in [-0.2, -0.15) is 0 Å². The maximum absolute atomic E-state index is 11.7. The van der Waals surface area contributed by atoms with Crippen molar-refractivity contribution in [2.45, 2.75) is 51.3 Å². The minimum atomic E-state index is -3.22. The smallest absolute Gasteiger partial charge is 0.194 e. The minimum absolute atomic E-state index is 0.404. The van der Waals surface area contributed by atoms with E-state index in [2.05, 4.69) is 24.1 Å². The SMILES string of the molecule is CC(C)NCCCc1ncc(C(C)(C)S(C)(=O)=O)o1. The summed E-state index contributed by atoms with van der Waals surface area (Å²) < 4.78 is 27.9. The zero-order chi connectivity index (χ0) is 14.7. The normalized spacial score (nSPS) is 13.2. The Bertz CT molecular complexity index is 504. The highest BCUT2D eigenvalue weighted by atomic mass is 32.2. The van der Waals surface area contributed by atoms with Crippen LogP contribution in [0.4, 0.5) is 0 Å². The summed E-state index contributed by atoms with van der Waals surface area (Å²) in [5.41, 5.74) is 0. The average molecular weight is 288 g/mol. The number of rotatable bonds is 7. The van der Waals surface area contributed by atoms with E-state index in [0.29, 0.717) is 24.1 Å². The van der Waals surface area contributed by atoms with E-state index in [-0.39, 0.29) is 0 Å². The molecule has 5 nitrogen and oxygen atoms in total. The highest BCUT2D eigenvalue weighted by Gasteiger charge is 2.36. The molecule has 0 aliphatic rings. The minimum Gasteiger partial charge on any atom is -0.444 e. The number of sulfone groups is 1. The molecule has 1 heterocycles. The Kier molecular flexibility index (Phi) is 5.15. The number of hydrogen-bond donors (Lipinski definition) is 1. The molecule has 1 N–H and O–H groups in total. The third-order valence-corrected chi connectivity index (χ3v) is 5.25. The number of nitrogens with zero attached hydrogens (tertiary/aromatic N) is 1. The molecule has 0 aliphatic carbocycles. The first-order valence-electron chi connectivity index (χ1n) is 6.52. The molecular formula is C13H24N2O3S. The van der Waals surface area contributed by atoms with Crippen LogP contribution in [0.3, 0.4) is 0 Å². The molecule has 0 spiro atoms. The van der Waals surface area contributed by atoms with Crippen LogP contribution in [0.25, 0.3) is 0 Å². The third kappa shape index (κ3) is 4.31. The molecule has 1 aromatic heterocycles. The highest BCUT2D eigenvalue weighted by molar-refractivity contribution is 7.91. The second kappa shape index (κ2) is 6.05. The fourth-order valence-electron chi connectivity index (χ4n) is 1.52. The Morgan fingerprint density at radius 2 is 2.05 bits per heavy atom. The molecule has 0 bridgehead atoms. The molecule has 1 aromatic rings. The zero-order valence-corrected chi connectivity index (χ0v) is 13.2. The van der Waals surface area contributed by atoms with Gasteiger partial charge in [-0.25, -0.2) is 13.4 Å². The van der Waals surface area contributed by atoms with Gasteiger partial charge in [-0.1, -0.05) is 13.8 Å². The summed E-state index contributed by atoms with van der Waals surface area (Å²) >= 11 is 0. The van der Waals surface area contributed by atoms with Crippen molar-refractivity contribution in [3.05, 3.63) is 17.8 Å². The fourth-order valence-corrected chi connectivity index (χ4v) is 1.98. The van der Waals surface area contributed by atoms with Crippen molar-refractivity contribution in [3.63, 3.8) is 0 Å². The second-order valence-electron chi connectivity index (χ2n) is 5.61. The van der Waals surface area contributed by atoms with Crippen LogP contribution < -0.4 is 5.32 Å². The van der Waals surface area contributed by atoms with E-state index in [4.69, 9.17) is 4.42 Å². The van der Waals surface area contributed by atoms with Crippen LogP contribution >= 0.6 is 0 Å². The van der Waals surface area contributed by atoms with Crippen LogP contribution in [-0.4, -0.2) is 32.2 Å². The molecule has 0 aromatic carbocycles. The first-order valence-corrected chi connectivity index (χ1v) is 8.42. The van der Waals surface area contributed by atoms with E-state index in [9.17, 15) is 8.42 Å². The summed E-state index contributed by atoms with van der Waals surface area (Å²) in [4.78, 5) is 4.15. The maximum atomic E-state index is 11.7. The summed E-state index contributed by atoms with van der Waals surface area (Å²) in [7, 11) is -3.22. The first kappa shape index (κ1) is 16.2. The van der Waals surface area contributed by atoms with E-state index >= 15 is 0 Å². The van der Waals surface area contributed by atoms with E-state index < -0.39 is 14.6 Å². The van der Waals surface area contributed by atoms with Gasteiger partial charge in [-0.3, -0.25) is 0 Å². The van der Waals surface area contributed by atoms with Gasteiger partial charge in [0.05, 0.1) is 6.20 Å². The van der Waals surface area contributed by atoms with Gasteiger partial charge in [-0.05, 0) is 26.8 Å². The van der Waals surface area contributed by atoms with Crippen LogP contribution in [-0.2, 0) is 21.0 Å². The lowest BCUT2D eigenvalue weighted by atomic mass is 10.2. The average Bonchev–Trinajstić information content (AvgIpc) is 2.71. The lowest BCUT2D eigenvalue weighted by Crippen LogP contribution is -2.27. The van der Waals surface area contributed by atoms with Gasteiger partial charge in [0.1, 0.15) is 10.5 Å². The van der Waals surface area contributed by atoms with Crippen molar-refractivity contribution in [3.8, 4) is 0 Å². The monoisotopic (exact) mass is 288 g/mol. The molecule has 110 valence electrons. The Balaban J connectivity index is 2.63. The van der Waals surface area contributed by atoms with Crippen molar-refractivity contribution in [2.24, 2.45) is 0 Å². The van der Waals surface area contributed by atoms with E-state index in [0.717, 1.165) is 13.0 Å². The summed E-state index contributed by atoms with van der Waals surface area (Å²) in [6.45, 7) is 8.35. The molecule has 0 fully saturated rings. The van der Waals surface area contributed by atoms with Crippen molar-refractivity contribution in [1.82, 2.24) is 10.3 Å². The maximum Gasteiger partial charge on any atom is 0.194 e. The van der Waals surface area contributed by atoms with E-state index in [1.807, 2.05) is 0 Å². The molecule has 19 heavy (non-hydrogen) atoms. The molecule has 0 unspecified atom stereocenters. The summed E-state index contributed by atoms with van der Waals surface area (Å²) in [6.07, 6.45) is 4.35.